The number of carboxylic acids is 1. The van der Waals surface area contributed by atoms with Crippen molar-refractivity contribution < 1.29 is 24.2 Å². The van der Waals surface area contributed by atoms with Gasteiger partial charge in [-0.3, -0.25) is 14.4 Å². The Morgan fingerprint density at radius 2 is 1.92 bits per heavy atom. The molecule has 1 atom stereocenters. The molecular formula is C17H28N2O5. The summed E-state index contributed by atoms with van der Waals surface area (Å²) in [5.41, 5.74) is 0. The molecule has 0 aromatic heterocycles. The molecule has 2 aliphatic heterocycles. The molecular weight excluding hydrogens is 312 g/mol. The second-order valence-corrected chi connectivity index (χ2v) is 6.68. The third-order valence-electron chi connectivity index (χ3n) is 4.93. The van der Waals surface area contributed by atoms with Gasteiger partial charge in [-0.15, -0.1) is 0 Å². The molecule has 7 heteroatoms. The summed E-state index contributed by atoms with van der Waals surface area (Å²) in [6.45, 7) is 1.89. The summed E-state index contributed by atoms with van der Waals surface area (Å²) >= 11 is 0. The number of rotatable bonds is 6. The van der Waals surface area contributed by atoms with E-state index in [0.717, 1.165) is 25.7 Å². The van der Waals surface area contributed by atoms with Gasteiger partial charge in [0.05, 0.1) is 12.5 Å². The third-order valence-corrected chi connectivity index (χ3v) is 4.93. The van der Waals surface area contributed by atoms with Gasteiger partial charge in [0.1, 0.15) is 0 Å². The Balaban J connectivity index is 1.81. The fourth-order valence-corrected chi connectivity index (χ4v) is 3.41. The fourth-order valence-electron chi connectivity index (χ4n) is 3.41. The Morgan fingerprint density at radius 1 is 1.21 bits per heavy atom. The third kappa shape index (κ3) is 5.78. The lowest BCUT2D eigenvalue weighted by Crippen LogP contribution is -2.45. The van der Waals surface area contributed by atoms with E-state index >= 15 is 0 Å². The summed E-state index contributed by atoms with van der Waals surface area (Å²) in [5.74, 6) is -1.71. The number of carboxylic acid groups (broad SMARTS) is 1. The zero-order valence-electron chi connectivity index (χ0n) is 14.2. The second-order valence-electron chi connectivity index (χ2n) is 6.68. The number of nitrogens with zero attached hydrogens (tertiary/aromatic N) is 1. The van der Waals surface area contributed by atoms with Gasteiger partial charge in [-0.2, -0.15) is 0 Å². The van der Waals surface area contributed by atoms with E-state index in [1.807, 2.05) is 0 Å². The molecule has 0 radical (unpaired) electrons. The van der Waals surface area contributed by atoms with E-state index < -0.39 is 11.9 Å². The van der Waals surface area contributed by atoms with Crippen LogP contribution in [0.5, 0.6) is 0 Å². The molecule has 2 aliphatic rings. The van der Waals surface area contributed by atoms with Crippen LogP contribution in [0.4, 0.5) is 0 Å². The number of ether oxygens (including phenoxy) is 1. The molecule has 2 saturated heterocycles. The average molecular weight is 340 g/mol. The highest BCUT2D eigenvalue weighted by atomic mass is 16.5. The van der Waals surface area contributed by atoms with Crippen LogP contribution in [0.25, 0.3) is 0 Å². The zero-order valence-corrected chi connectivity index (χ0v) is 14.2. The zero-order chi connectivity index (χ0) is 17.4. The standard InChI is InChI=1S/C17H28N2O5/c20-15(12-19-8-4-2-1-3-5-16(19)21)18-11-14(17(22)23)13-6-9-24-10-7-13/h13-14H,1-12H2,(H,18,20)(H,22,23). The summed E-state index contributed by atoms with van der Waals surface area (Å²) in [5, 5.41) is 12.1. The molecule has 1 unspecified atom stereocenters. The molecule has 2 N–H and O–H groups in total. The number of carbonyl (C=O) groups is 3. The number of nitrogens with one attached hydrogen (secondary N) is 1. The van der Waals surface area contributed by atoms with Crippen molar-refractivity contribution >= 4 is 17.8 Å². The van der Waals surface area contributed by atoms with Crippen LogP contribution in [0.2, 0.25) is 0 Å². The van der Waals surface area contributed by atoms with Gasteiger partial charge in [-0.05, 0) is 31.6 Å². The molecule has 136 valence electrons. The largest absolute Gasteiger partial charge is 0.481 e. The van der Waals surface area contributed by atoms with Gasteiger partial charge < -0.3 is 20.1 Å². The van der Waals surface area contributed by atoms with E-state index in [2.05, 4.69) is 5.32 Å². The van der Waals surface area contributed by atoms with E-state index in [1.54, 1.807) is 4.90 Å². The van der Waals surface area contributed by atoms with Gasteiger partial charge in [0.2, 0.25) is 11.8 Å². The highest BCUT2D eigenvalue weighted by Gasteiger charge is 2.30. The predicted octanol–water partition coefficient (Wildman–Crippen LogP) is 1.02. The van der Waals surface area contributed by atoms with E-state index in [0.29, 0.717) is 39.0 Å². The summed E-state index contributed by atoms with van der Waals surface area (Å²) < 4.78 is 5.27. The maximum atomic E-state index is 12.1. The Hall–Kier alpha value is -1.63. The first-order valence-corrected chi connectivity index (χ1v) is 8.93. The predicted molar refractivity (Wildman–Crippen MR) is 87.3 cm³/mol. The normalized spacial score (nSPS) is 21.7. The van der Waals surface area contributed by atoms with Crippen molar-refractivity contribution in [1.82, 2.24) is 10.2 Å². The molecule has 0 bridgehead atoms. The summed E-state index contributed by atoms with van der Waals surface area (Å²) in [7, 11) is 0. The van der Waals surface area contributed by atoms with Crippen LogP contribution in [0.3, 0.4) is 0 Å². The first-order chi connectivity index (χ1) is 11.6. The molecule has 2 amide bonds. The van der Waals surface area contributed by atoms with Crippen molar-refractivity contribution in [3.05, 3.63) is 0 Å². The first-order valence-electron chi connectivity index (χ1n) is 8.93. The first kappa shape index (κ1) is 18.7. The van der Waals surface area contributed by atoms with Crippen LogP contribution < -0.4 is 5.32 Å². The van der Waals surface area contributed by atoms with Crippen LogP contribution in [0.15, 0.2) is 0 Å². The molecule has 24 heavy (non-hydrogen) atoms. The second kappa shape index (κ2) is 9.61. The maximum Gasteiger partial charge on any atom is 0.308 e. The van der Waals surface area contributed by atoms with Crippen molar-refractivity contribution in [1.29, 1.82) is 0 Å². The highest BCUT2D eigenvalue weighted by Crippen LogP contribution is 2.23. The van der Waals surface area contributed by atoms with Gasteiger partial charge in [0.25, 0.3) is 0 Å². The fraction of sp³-hybridized carbons (Fsp3) is 0.824. The SMILES string of the molecule is O=C(CN1CCCCCCC1=O)NCC(C(=O)O)C1CCOCC1. The summed E-state index contributed by atoms with van der Waals surface area (Å²) in [4.78, 5) is 37.3. The molecule has 2 rings (SSSR count). The Kier molecular flexibility index (Phi) is 7.49. The number of carbonyl (C=O) groups excluding carboxylic acids is 2. The van der Waals surface area contributed by atoms with Gasteiger partial charge >= 0.3 is 5.97 Å². The lowest BCUT2D eigenvalue weighted by atomic mass is 9.86. The van der Waals surface area contributed by atoms with Crippen LogP contribution in [-0.4, -0.2) is 60.6 Å². The van der Waals surface area contributed by atoms with Gasteiger partial charge in [-0.1, -0.05) is 12.8 Å². The van der Waals surface area contributed by atoms with Gasteiger partial charge in [0, 0.05) is 32.7 Å². The van der Waals surface area contributed by atoms with Crippen molar-refractivity contribution in [3.63, 3.8) is 0 Å². The summed E-state index contributed by atoms with van der Waals surface area (Å²) in [6.07, 6.45) is 5.84. The molecule has 0 aromatic carbocycles. The molecule has 0 spiro atoms. The van der Waals surface area contributed by atoms with Crippen molar-refractivity contribution in [2.45, 2.75) is 44.9 Å². The number of aliphatic carboxylic acids is 1. The van der Waals surface area contributed by atoms with Crippen molar-refractivity contribution in [2.75, 3.05) is 32.8 Å². The molecule has 0 aliphatic carbocycles. The number of hydrogen-bond acceptors (Lipinski definition) is 4. The molecule has 0 aromatic rings. The minimum absolute atomic E-state index is 0.0177. The van der Waals surface area contributed by atoms with Crippen LogP contribution in [0.1, 0.15) is 44.9 Å². The monoisotopic (exact) mass is 340 g/mol. The van der Waals surface area contributed by atoms with Gasteiger partial charge in [-0.25, -0.2) is 0 Å². The van der Waals surface area contributed by atoms with Crippen LogP contribution >= 0.6 is 0 Å². The minimum Gasteiger partial charge on any atom is -0.481 e. The minimum atomic E-state index is -0.885. The van der Waals surface area contributed by atoms with Crippen molar-refractivity contribution in [3.8, 4) is 0 Å². The lowest BCUT2D eigenvalue weighted by Gasteiger charge is -2.28. The Bertz CT molecular complexity index is 448. The van der Waals surface area contributed by atoms with E-state index in [1.165, 1.54) is 0 Å². The van der Waals surface area contributed by atoms with E-state index in [-0.39, 0.29) is 30.8 Å². The Morgan fingerprint density at radius 3 is 2.62 bits per heavy atom. The molecule has 2 fully saturated rings. The lowest BCUT2D eigenvalue weighted by molar-refractivity contribution is -0.145. The molecule has 7 nitrogen and oxygen atoms in total. The van der Waals surface area contributed by atoms with Crippen molar-refractivity contribution in [2.24, 2.45) is 11.8 Å². The van der Waals surface area contributed by atoms with E-state index in [4.69, 9.17) is 4.74 Å². The average Bonchev–Trinajstić information content (AvgIpc) is 2.55. The molecule has 2 heterocycles. The summed E-state index contributed by atoms with van der Waals surface area (Å²) in [6, 6.07) is 0. The van der Waals surface area contributed by atoms with Crippen LogP contribution in [0, 0.1) is 11.8 Å². The van der Waals surface area contributed by atoms with Gasteiger partial charge in [0.15, 0.2) is 0 Å². The Labute approximate surface area is 142 Å². The number of hydrogen-bond donors (Lipinski definition) is 2. The molecule has 0 saturated carbocycles. The van der Waals surface area contributed by atoms with Crippen LogP contribution in [-0.2, 0) is 19.1 Å². The maximum absolute atomic E-state index is 12.1. The van der Waals surface area contributed by atoms with E-state index in [9.17, 15) is 19.5 Å². The highest BCUT2D eigenvalue weighted by molar-refractivity contribution is 5.85. The smallest absolute Gasteiger partial charge is 0.308 e. The number of likely N-dealkylation sites (tertiary alicyclic amines) is 1. The number of amides is 2. The quantitative estimate of drug-likeness (QED) is 0.753. The topological polar surface area (TPSA) is 95.9 Å².